The largest absolute Gasteiger partial charge is 0.319 e. The third-order valence-corrected chi connectivity index (χ3v) is 4.23. The van der Waals surface area contributed by atoms with Crippen LogP contribution in [-0.4, -0.2) is 10.2 Å². The molecule has 1 aromatic heterocycles. The maximum absolute atomic E-state index is 6.38. The molecule has 3 heteroatoms. The van der Waals surface area contributed by atoms with E-state index in [0.717, 1.165) is 5.69 Å². The molecule has 0 amide bonds. The van der Waals surface area contributed by atoms with Gasteiger partial charge in [-0.2, -0.15) is 5.10 Å². The van der Waals surface area contributed by atoms with E-state index in [4.69, 9.17) is 5.73 Å². The normalized spacial score (nSPS) is 12.8. The van der Waals surface area contributed by atoms with E-state index in [1.165, 1.54) is 33.4 Å². The molecule has 0 radical (unpaired) electrons. The van der Waals surface area contributed by atoms with Crippen molar-refractivity contribution in [3.63, 3.8) is 0 Å². The maximum atomic E-state index is 6.38. The van der Waals surface area contributed by atoms with Crippen LogP contribution < -0.4 is 5.73 Å². The lowest BCUT2D eigenvalue weighted by Crippen LogP contribution is -2.17. The van der Waals surface area contributed by atoms with Gasteiger partial charge in [-0.1, -0.05) is 0 Å². The van der Waals surface area contributed by atoms with E-state index < -0.39 is 0 Å². The van der Waals surface area contributed by atoms with Gasteiger partial charge in [-0.25, -0.2) is 0 Å². The fourth-order valence-electron chi connectivity index (χ4n) is 2.59. The molecule has 1 unspecified atom stereocenters. The zero-order valence-electron chi connectivity index (χ0n) is 11.8. The Morgan fingerprint density at radius 3 is 1.89 bits per heavy atom. The zero-order chi connectivity index (χ0) is 13.4. The van der Waals surface area contributed by atoms with Crippen molar-refractivity contribution in [3.05, 3.63) is 51.3 Å². The number of rotatable bonds is 2. The molecule has 0 saturated heterocycles. The van der Waals surface area contributed by atoms with Gasteiger partial charge in [0.05, 0.1) is 11.7 Å². The van der Waals surface area contributed by atoms with E-state index in [0.29, 0.717) is 0 Å². The van der Waals surface area contributed by atoms with Crippen LogP contribution in [0, 0.1) is 34.6 Å². The molecule has 2 aromatic rings. The number of nitrogens with two attached hydrogens (primary N) is 1. The Hall–Kier alpha value is -1.61. The van der Waals surface area contributed by atoms with Crippen molar-refractivity contribution in [2.24, 2.45) is 5.73 Å². The molecule has 0 aliphatic heterocycles. The summed E-state index contributed by atoms with van der Waals surface area (Å²) in [7, 11) is 0. The molecule has 0 spiro atoms. The summed E-state index contributed by atoms with van der Waals surface area (Å²) in [5, 5.41) is 6.95. The van der Waals surface area contributed by atoms with Crippen molar-refractivity contribution < 1.29 is 0 Å². The van der Waals surface area contributed by atoms with Gasteiger partial charge in [0, 0.05) is 6.20 Å². The second-order valence-electron chi connectivity index (χ2n) is 5.03. The van der Waals surface area contributed by atoms with Crippen molar-refractivity contribution in [1.82, 2.24) is 10.2 Å². The molecule has 1 aromatic carbocycles. The summed E-state index contributed by atoms with van der Waals surface area (Å²) in [5.74, 6) is 0. The summed E-state index contributed by atoms with van der Waals surface area (Å²) in [6.45, 7) is 10.8. The molecule has 0 bridgehead atoms. The number of nitrogens with one attached hydrogen (secondary N) is 1. The number of benzene rings is 1. The number of hydrogen-bond acceptors (Lipinski definition) is 2. The summed E-state index contributed by atoms with van der Waals surface area (Å²) in [4.78, 5) is 0. The highest BCUT2D eigenvalue weighted by atomic mass is 15.1. The van der Waals surface area contributed by atoms with Crippen LogP contribution in [0.4, 0.5) is 0 Å². The standard InChI is InChI=1S/C15H21N3/c1-8-9(2)11(4)14(12(5)10(8)3)15(16)13-6-7-17-18-13/h6-7,15H,16H2,1-5H3,(H,17,18). The Bertz CT molecular complexity index is 539. The van der Waals surface area contributed by atoms with Crippen LogP contribution in [0.5, 0.6) is 0 Å². The fraction of sp³-hybridized carbons (Fsp3) is 0.400. The first kappa shape index (κ1) is 12.8. The molecule has 96 valence electrons. The average molecular weight is 243 g/mol. The molecule has 0 saturated carbocycles. The van der Waals surface area contributed by atoms with Crippen LogP contribution in [0.1, 0.15) is 45.1 Å². The van der Waals surface area contributed by atoms with Gasteiger partial charge in [0.2, 0.25) is 0 Å². The lowest BCUT2D eigenvalue weighted by molar-refractivity contribution is 0.797. The predicted molar refractivity (Wildman–Crippen MR) is 74.7 cm³/mol. The number of aromatic nitrogens is 2. The monoisotopic (exact) mass is 243 g/mol. The summed E-state index contributed by atoms with van der Waals surface area (Å²) >= 11 is 0. The molecule has 0 fully saturated rings. The van der Waals surface area contributed by atoms with Crippen molar-refractivity contribution in [1.29, 1.82) is 0 Å². The number of nitrogens with zero attached hydrogens (tertiary/aromatic N) is 1. The predicted octanol–water partition coefficient (Wildman–Crippen LogP) is 3.00. The lowest BCUT2D eigenvalue weighted by atomic mass is 9.86. The Morgan fingerprint density at radius 2 is 1.44 bits per heavy atom. The SMILES string of the molecule is Cc1c(C)c(C)c(C(N)c2ccn[nH]2)c(C)c1C. The Kier molecular flexibility index (Phi) is 3.26. The molecular formula is C15H21N3. The van der Waals surface area contributed by atoms with Gasteiger partial charge in [0.1, 0.15) is 0 Å². The third kappa shape index (κ3) is 1.85. The van der Waals surface area contributed by atoms with Crippen LogP contribution in [0.3, 0.4) is 0 Å². The highest BCUT2D eigenvalue weighted by Crippen LogP contribution is 2.31. The Labute approximate surface area is 108 Å². The molecule has 3 N–H and O–H groups in total. The average Bonchev–Trinajstić information content (AvgIpc) is 2.88. The Balaban J connectivity index is 2.65. The molecular weight excluding hydrogens is 222 g/mol. The summed E-state index contributed by atoms with van der Waals surface area (Å²) < 4.78 is 0. The first-order valence-corrected chi connectivity index (χ1v) is 6.26. The third-order valence-electron chi connectivity index (χ3n) is 4.23. The van der Waals surface area contributed by atoms with Gasteiger partial charge in [-0.15, -0.1) is 0 Å². The number of H-pyrrole nitrogens is 1. The molecule has 3 nitrogen and oxygen atoms in total. The highest BCUT2D eigenvalue weighted by molar-refractivity contribution is 5.52. The summed E-state index contributed by atoms with van der Waals surface area (Å²) in [6.07, 6.45) is 1.74. The maximum Gasteiger partial charge on any atom is 0.0725 e. The van der Waals surface area contributed by atoms with Gasteiger partial charge >= 0.3 is 0 Å². The van der Waals surface area contributed by atoms with Gasteiger partial charge < -0.3 is 5.73 Å². The molecule has 18 heavy (non-hydrogen) atoms. The smallest absolute Gasteiger partial charge is 0.0725 e. The van der Waals surface area contributed by atoms with Gasteiger partial charge in [-0.05, 0) is 74.1 Å². The molecule has 0 aliphatic rings. The molecule has 1 atom stereocenters. The quantitative estimate of drug-likeness (QED) is 0.852. The Morgan fingerprint density at radius 1 is 0.944 bits per heavy atom. The topological polar surface area (TPSA) is 54.7 Å². The molecule has 0 aliphatic carbocycles. The molecule has 2 rings (SSSR count). The van der Waals surface area contributed by atoms with Crippen LogP contribution in [0.2, 0.25) is 0 Å². The van der Waals surface area contributed by atoms with E-state index in [1.54, 1.807) is 6.20 Å². The van der Waals surface area contributed by atoms with Gasteiger partial charge in [0.25, 0.3) is 0 Å². The first-order valence-electron chi connectivity index (χ1n) is 6.26. The summed E-state index contributed by atoms with van der Waals surface area (Å²) in [5.41, 5.74) is 15.2. The highest BCUT2D eigenvalue weighted by Gasteiger charge is 2.19. The van der Waals surface area contributed by atoms with Crippen LogP contribution in [0.15, 0.2) is 12.3 Å². The number of aromatic amines is 1. The van der Waals surface area contributed by atoms with Crippen LogP contribution in [-0.2, 0) is 0 Å². The van der Waals surface area contributed by atoms with E-state index >= 15 is 0 Å². The van der Waals surface area contributed by atoms with Gasteiger partial charge in [-0.3, -0.25) is 5.10 Å². The van der Waals surface area contributed by atoms with E-state index in [9.17, 15) is 0 Å². The number of hydrogen-bond donors (Lipinski definition) is 2. The lowest BCUT2D eigenvalue weighted by Gasteiger charge is -2.22. The molecule has 1 heterocycles. The van der Waals surface area contributed by atoms with Crippen molar-refractivity contribution in [2.75, 3.05) is 0 Å². The van der Waals surface area contributed by atoms with Crippen LogP contribution in [0.25, 0.3) is 0 Å². The first-order chi connectivity index (χ1) is 8.45. The second-order valence-corrected chi connectivity index (χ2v) is 5.03. The van der Waals surface area contributed by atoms with Crippen molar-refractivity contribution >= 4 is 0 Å². The second kappa shape index (κ2) is 4.58. The van der Waals surface area contributed by atoms with E-state index in [1.807, 2.05) is 6.07 Å². The fourth-order valence-corrected chi connectivity index (χ4v) is 2.59. The van der Waals surface area contributed by atoms with Crippen molar-refractivity contribution in [2.45, 2.75) is 40.7 Å². The summed E-state index contributed by atoms with van der Waals surface area (Å²) in [6, 6.07) is 1.80. The van der Waals surface area contributed by atoms with E-state index in [-0.39, 0.29) is 6.04 Å². The minimum Gasteiger partial charge on any atom is -0.319 e. The van der Waals surface area contributed by atoms with E-state index in [2.05, 4.69) is 44.8 Å². The van der Waals surface area contributed by atoms with Crippen molar-refractivity contribution in [3.8, 4) is 0 Å². The van der Waals surface area contributed by atoms with Crippen LogP contribution >= 0.6 is 0 Å². The van der Waals surface area contributed by atoms with Gasteiger partial charge in [0.15, 0.2) is 0 Å². The minimum atomic E-state index is -0.134. The minimum absolute atomic E-state index is 0.134. The zero-order valence-corrected chi connectivity index (χ0v) is 11.8.